The number of hydrogen-bond acceptors (Lipinski definition) is 6. The zero-order valence-electron chi connectivity index (χ0n) is 5.66. The fraction of sp³-hybridized carbons (Fsp3) is 1.00. The topological polar surface area (TPSA) is 133 Å². The number of nitrogens with two attached hydrogens (primary N) is 1. The first-order valence-electron chi connectivity index (χ1n) is 2.72. The smallest absolute Gasteiger partial charge is 0.375 e. The second kappa shape index (κ2) is 3.88. The summed E-state index contributed by atoms with van der Waals surface area (Å²) < 4.78 is 12.4. The van der Waals surface area contributed by atoms with Gasteiger partial charge in [0.2, 0.25) is 0 Å². The van der Waals surface area contributed by atoms with Crippen LogP contribution in [-0.2, 0) is 0 Å². The summed E-state index contributed by atoms with van der Waals surface area (Å²) >= 11 is 0. The zero-order valence-corrected chi connectivity index (χ0v) is 5.66. The molecule has 9 heteroatoms. The number of alkyl halides is 1. The third-order valence-electron chi connectivity index (χ3n) is 1.04. The summed E-state index contributed by atoms with van der Waals surface area (Å²) in [5.74, 6) is 0. The van der Waals surface area contributed by atoms with Gasteiger partial charge in [0.1, 0.15) is 6.23 Å². The van der Waals surface area contributed by atoms with E-state index in [1.165, 1.54) is 0 Å². The first kappa shape index (κ1) is 10.7. The summed E-state index contributed by atoms with van der Waals surface area (Å²) in [5, 5.41) is 28.0. The van der Waals surface area contributed by atoms with Gasteiger partial charge in [-0.1, -0.05) is 0 Å². The molecule has 8 nitrogen and oxygen atoms in total. The summed E-state index contributed by atoms with van der Waals surface area (Å²) in [5.41, 5.74) is 4.48. The quantitative estimate of drug-likeness (QED) is 0.309. The Morgan fingerprint density at radius 2 is 1.67 bits per heavy atom. The third-order valence-corrected chi connectivity index (χ3v) is 1.04. The van der Waals surface area contributed by atoms with Gasteiger partial charge in [-0.05, 0) is 0 Å². The summed E-state index contributed by atoms with van der Waals surface area (Å²) in [6, 6.07) is 0. The van der Waals surface area contributed by atoms with Crippen LogP contribution in [0.2, 0.25) is 0 Å². The van der Waals surface area contributed by atoms with Crippen molar-refractivity contribution in [3.63, 3.8) is 0 Å². The Bertz CT molecular complexity index is 182. The number of rotatable bonds is 4. The highest BCUT2D eigenvalue weighted by Gasteiger charge is 2.46. The van der Waals surface area contributed by atoms with E-state index in [4.69, 9.17) is 5.11 Å². The second-order valence-electron chi connectivity index (χ2n) is 1.92. The molecule has 0 aromatic carbocycles. The Labute approximate surface area is 65.1 Å². The maximum atomic E-state index is 12.4. The average molecular weight is 183 g/mol. The molecule has 0 aliphatic rings. The first-order chi connectivity index (χ1) is 5.37. The molecule has 0 rings (SSSR count). The van der Waals surface area contributed by atoms with Crippen LogP contribution in [0.3, 0.4) is 0 Å². The average Bonchev–Trinajstić information content (AvgIpc) is 1.85. The van der Waals surface area contributed by atoms with Gasteiger partial charge in [-0.15, -0.1) is 0 Å². The molecule has 3 N–H and O–H groups in total. The van der Waals surface area contributed by atoms with E-state index in [9.17, 15) is 24.6 Å². The standard InChI is InChI=1S/C3H6FN3O5/c4-1(2(5)8)3(6(9)10)7(11)12/h1-3,8H,5H2. The molecular weight excluding hydrogens is 177 g/mol. The van der Waals surface area contributed by atoms with E-state index < -0.39 is 28.4 Å². The first-order valence-corrected chi connectivity index (χ1v) is 2.72. The number of nitro groups is 2. The molecule has 0 saturated carbocycles. The number of halogens is 1. The van der Waals surface area contributed by atoms with Crippen molar-refractivity contribution in [1.29, 1.82) is 0 Å². The molecule has 0 aliphatic heterocycles. The lowest BCUT2D eigenvalue weighted by Crippen LogP contribution is -2.47. The minimum Gasteiger partial charge on any atom is -0.375 e. The van der Waals surface area contributed by atoms with Crippen molar-refractivity contribution < 1.29 is 19.3 Å². The summed E-state index contributed by atoms with van der Waals surface area (Å²) in [4.78, 5) is 16.8. The molecule has 0 spiro atoms. The van der Waals surface area contributed by atoms with Crippen molar-refractivity contribution in [2.24, 2.45) is 5.73 Å². The second-order valence-corrected chi connectivity index (χ2v) is 1.92. The van der Waals surface area contributed by atoms with E-state index in [2.05, 4.69) is 5.73 Å². The van der Waals surface area contributed by atoms with E-state index in [-0.39, 0.29) is 0 Å². The van der Waals surface area contributed by atoms with Crippen molar-refractivity contribution in [3.05, 3.63) is 20.2 Å². The van der Waals surface area contributed by atoms with Gasteiger partial charge in [0, 0.05) is 0 Å². The predicted molar refractivity (Wildman–Crippen MR) is 32.9 cm³/mol. The predicted octanol–water partition coefficient (Wildman–Crippen LogP) is -1.52. The summed E-state index contributed by atoms with van der Waals surface area (Å²) in [6.45, 7) is 0. The Hall–Kier alpha value is -1.35. The van der Waals surface area contributed by atoms with Gasteiger partial charge in [0.05, 0.1) is 9.85 Å². The van der Waals surface area contributed by atoms with Crippen molar-refractivity contribution in [2.45, 2.75) is 18.6 Å². The zero-order chi connectivity index (χ0) is 9.89. The van der Waals surface area contributed by atoms with Gasteiger partial charge in [-0.3, -0.25) is 20.2 Å². The molecule has 2 unspecified atom stereocenters. The maximum absolute atomic E-state index is 12.4. The third kappa shape index (κ3) is 2.36. The number of aliphatic hydroxyl groups excluding tert-OH is 1. The Balaban J connectivity index is 4.52. The molecule has 2 atom stereocenters. The Morgan fingerprint density at radius 3 is 1.75 bits per heavy atom. The van der Waals surface area contributed by atoms with Crippen LogP contribution in [0, 0.1) is 20.2 Å². The largest absolute Gasteiger partial charge is 0.484 e. The molecule has 0 aromatic heterocycles. The minimum absolute atomic E-state index is 1.46. The molecule has 0 bridgehead atoms. The van der Waals surface area contributed by atoms with Crippen LogP contribution in [0.25, 0.3) is 0 Å². The fourth-order valence-corrected chi connectivity index (χ4v) is 0.486. The van der Waals surface area contributed by atoms with Crippen molar-refractivity contribution in [1.82, 2.24) is 0 Å². The van der Waals surface area contributed by atoms with Gasteiger partial charge in [0.15, 0.2) is 0 Å². The van der Waals surface area contributed by atoms with E-state index >= 15 is 0 Å². The molecule has 0 aromatic rings. The van der Waals surface area contributed by atoms with Crippen molar-refractivity contribution >= 4 is 0 Å². The van der Waals surface area contributed by atoms with Crippen molar-refractivity contribution in [2.75, 3.05) is 0 Å². The fourth-order valence-electron chi connectivity index (χ4n) is 0.486. The highest BCUT2D eigenvalue weighted by atomic mass is 19.1. The maximum Gasteiger partial charge on any atom is 0.484 e. The minimum atomic E-state index is -2.72. The van der Waals surface area contributed by atoms with E-state index in [0.29, 0.717) is 0 Å². The number of hydrogen-bond donors (Lipinski definition) is 2. The lowest BCUT2D eigenvalue weighted by atomic mass is 10.3. The van der Waals surface area contributed by atoms with Crippen LogP contribution in [0.4, 0.5) is 4.39 Å². The summed E-state index contributed by atoms with van der Waals surface area (Å²) in [7, 11) is 0. The highest BCUT2D eigenvalue weighted by Crippen LogP contribution is 2.05. The molecule has 0 fully saturated rings. The van der Waals surface area contributed by atoms with Crippen LogP contribution >= 0.6 is 0 Å². The van der Waals surface area contributed by atoms with Gasteiger partial charge in [-0.2, -0.15) is 0 Å². The van der Waals surface area contributed by atoms with Crippen LogP contribution in [-0.4, -0.2) is 33.5 Å². The summed E-state index contributed by atoms with van der Waals surface area (Å²) in [6.07, 6.45) is -7.66. The number of aliphatic hydroxyl groups is 1. The van der Waals surface area contributed by atoms with Gasteiger partial charge in [-0.25, -0.2) is 4.39 Å². The van der Waals surface area contributed by atoms with Crippen LogP contribution < -0.4 is 5.73 Å². The Morgan fingerprint density at radius 1 is 1.33 bits per heavy atom. The molecule has 12 heavy (non-hydrogen) atoms. The van der Waals surface area contributed by atoms with Crippen LogP contribution in [0.1, 0.15) is 0 Å². The SMILES string of the molecule is NC(O)C(F)C([N+](=O)[O-])[N+](=O)[O-]. The monoisotopic (exact) mass is 183 g/mol. The molecule has 70 valence electrons. The van der Waals surface area contributed by atoms with Gasteiger partial charge < -0.3 is 10.8 Å². The molecule has 0 radical (unpaired) electrons. The normalized spacial score (nSPS) is 15.7. The van der Waals surface area contributed by atoms with Crippen LogP contribution in [0.15, 0.2) is 0 Å². The van der Waals surface area contributed by atoms with Crippen LogP contribution in [0.5, 0.6) is 0 Å². The van der Waals surface area contributed by atoms with Crippen molar-refractivity contribution in [3.8, 4) is 0 Å². The molecule has 0 heterocycles. The molecule has 0 amide bonds. The Kier molecular flexibility index (Phi) is 3.44. The van der Waals surface area contributed by atoms with E-state index in [0.717, 1.165) is 0 Å². The lowest BCUT2D eigenvalue weighted by Gasteiger charge is -2.08. The lowest BCUT2D eigenvalue weighted by molar-refractivity contribution is -0.750. The number of nitrogens with zero attached hydrogens (tertiary/aromatic N) is 2. The van der Waals surface area contributed by atoms with Gasteiger partial charge in [0.25, 0.3) is 6.17 Å². The molecule has 0 saturated heterocycles. The van der Waals surface area contributed by atoms with Gasteiger partial charge >= 0.3 is 6.17 Å². The van der Waals surface area contributed by atoms with E-state index in [1.807, 2.05) is 0 Å². The molecular formula is C3H6FN3O5. The highest BCUT2D eigenvalue weighted by molar-refractivity contribution is 4.63. The van der Waals surface area contributed by atoms with E-state index in [1.54, 1.807) is 0 Å². The molecule has 0 aliphatic carbocycles.